The molecule has 2 saturated heterocycles. The number of benzene rings is 1. The van der Waals surface area contributed by atoms with E-state index in [1.807, 2.05) is 0 Å². The lowest BCUT2D eigenvalue weighted by atomic mass is 9.90. The van der Waals surface area contributed by atoms with Crippen LogP contribution in [0.4, 0.5) is 4.39 Å². The van der Waals surface area contributed by atoms with Gasteiger partial charge in [0.25, 0.3) is 5.91 Å². The van der Waals surface area contributed by atoms with Crippen molar-refractivity contribution in [2.24, 2.45) is 11.8 Å². The van der Waals surface area contributed by atoms with E-state index in [9.17, 15) is 14.0 Å². The minimum Gasteiger partial charge on any atom is -0.356 e. The van der Waals surface area contributed by atoms with Crippen molar-refractivity contribution in [1.82, 2.24) is 9.80 Å². The van der Waals surface area contributed by atoms with Gasteiger partial charge in [-0.3, -0.25) is 9.59 Å². The zero-order chi connectivity index (χ0) is 18.1. The highest BCUT2D eigenvalue weighted by atomic mass is 19.1. The molecule has 2 fully saturated rings. The summed E-state index contributed by atoms with van der Waals surface area (Å²) in [6.07, 6.45) is 0.210. The van der Waals surface area contributed by atoms with E-state index in [1.54, 1.807) is 30.1 Å². The van der Waals surface area contributed by atoms with Crippen LogP contribution in [0.15, 0.2) is 24.3 Å². The summed E-state index contributed by atoms with van der Waals surface area (Å²) in [4.78, 5) is 28.5. The second-order valence-corrected chi connectivity index (χ2v) is 7.39. The van der Waals surface area contributed by atoms with Gasteiger partial charge in [-0.25, -0.2) is 4.39 Å². The Balaban J connectivity index is 1.91. The molecule has 5 nitrogen and oxygen atoms in total. The van der Waals surface area contributed by atoms with E-state index in [1.165, 1.54) is 11.0 Å². The van der Waals surface area contributed by atoms with Gasteiger partial charge in [-0.15, -0.1) is 0 Å². The number of morpholine rings is 1. The number of rotatable bonds is 2. The summed E-state index contributed by atoms with van der Waals surface area (Å²) < 4.78 is 20.0. The lowest BCUT2D eigenvalue weighted by Crippen LogP contribution is -2.56. The van der Waals surface area contributed by atoms with E-state index in [2.05, 4.69) is 13.8 Å². The van der Waals surface area contributed by atoms with Crippen LogP contribution in [0.2, 0.25) is 0 Å². The Hall–Kier alpha value is -1.95. The van der Waals surface area contributed by atoms with Crippen molar-refractivity contribution in [1.29, 1.82) is 0 Å². The first-order valence-electron chi connectivity index (χ1n) is 8.79. The molecule has 2 aliphatic heterocycles. The molecule has 25 heavy (non-hydrogen) atoms. The zero-order valence-corrected chi connectivity index (χ0v) is 14.9. The van der Waals surface area contributed by atoms with Gasteiger partial charge >= 0.3 is 0 Å². The van der Waals surface area contributed by atoms with Crippen LogP contribution in [0, 0.1) is 17.7 Å². The molecular formula is C19H25FN2O3. The lowest BCUT2D eigenvalue weighted by molar-refractivity contribution is -0.169. The van der Waals surface area contributed by atoms with Crippen molar-refractivity contribution in [2.75, 3.05) is 26.7 Å². The fourth-order valence-corrected chi connectivity index (χ4v) is 4.03. The monoisotopic (exact) mass is 348 g/mol. The maximum Gasteiger partial charge on any atom is 0.254 e. The summed E-state index contributed by atoms with van der Waals surface area (Å²) in [5, 5.41) is 0. The first-order chi connectivity index (χ1) is 11.9. The Labute approximate surface area is 147 Å². The smallest absolute Gasteiger partial charge is 0.254 e. The van der Waals surface area contributed by atoms with E-state index in [-0.39, 0.29) is 18.4 Å². The molecule has 2 heterocycles. The molecule has 0 radical (unpaired) electrons. The Morgan fingerprint density at radius 2 is 1.84 bits per heavy atom. The molecule has 3 rings (SSSR count). The van der Waals surface area contributed by atoms with Crippen molar-refractivity contribution in [3.63, 3.8) is 0 Å². The highest BCUT2D eigenvalue weighted by Crippen LogP contribution is 2.33. The van der Waals surface area contributed by atoms with Gasteiger partial charge in [-0.05, 0) is 24.3 Å². The number of likely N-dealkylation sites (N-methyl/N-ethyl adjacent to an activating group) is 1. The second-order valence-electron chi connectivity index (χ2n) is 7.39. The topological polar surface area (TPSA) is 49.9 Å². The predicted molar refractivity (Wildman–Crippen MR) is 91.2 cm³/mol. The number of carbonyl (C=O) groups excluding carboxylic acids is 2. The molecule has 0 bridgehead atoms. The molecule has 1 aromatic carbocycles. The number of likely N-dealkylation sites (tertiary alicyclic amines) is 1. The van der Waals surface area contributed by atoms with Crippen LogP contribution >= 0.6 is 0 Å². The van der Waals surface area contributed by atoms with Crippen molar-refractivity contribution in [2.45, 2.75) is 32.4 Å². The van der Waals surface area contributed by atoms with Crippen LogP contribution in [-0.2, 0) is 14.3 Å². The summed E-state index contributed by atoms with van der Waals surface area (Å²) in [5.41, 5.74) is 0.314. The van der Waals surface area contributed by atoms with Crippen molar-refractivity contribution in [3.05, 3.63) is 35.6 Å². The number of hydrogen-bond donors (Lipinski definition) is 0. The van der Waals surface area contributed by atoms with Crippen LogP contribution in [-0.4, -0.2) is 54.5 Å². The molecule has 4 atom stereocenters. The summed E-state index contributed by atoms with van der Waals surface area (Å²) in [7, 11) is 1.60. The SMILES string of the molecule is CC1CC(C)CN(C(=O)C2OCC(=O)N(C)C2c2ccccc2F)C1. The summed E-state index contributed by atoms with van der Waals surface area (Å²) >= 11 is 0. The predicted octanol–water partition coefficient (Wildman–Crippen LogP) is 2.23. The van der Waals surface area contributed by atoms with Gasteiger partial charge in [-0.2, -0.15) is 0 Å². The highest BCUT2D eigenvalue weighted by Gasteiger charge is 2.43. The standard InChI is InChI=1S/C19H25FN2O3/c1-12-8-13(2)10-22(9-12)19(24)18-17(21(3)16(23)11-25-18)14-6-4-5-7-15(14)20/h4-7,12-13,17-18H,8-11H2,1-3H3. The Kier molecular flexibility index (Phi) is 5.08. The number of nitrogens with zero attached hydrogens (tertiary/aromatic N) is 2. The van der Waals surface area contributed by atoms with E-state index in [0.717, 1.165) is 6.42 Å². The highest BCUT2D eigenvalue weighted by molar-refractivity contribution is 5.86. The minimum atomic E-state index is -0.878. The largest absolute Gasteiger partial charge is 0.356 e. The molecule has 1 aromatic rings. The van der Waals surface area contributed by atoms with Crippen LogP contribution < -0.4 is 0 Å². The average Bonchev–Trinajstić information content (AvgIpc) is 2.56. The number of carbonyl (C=O) groups is 2. The average molecular weight is 348 g/mol. The third-order valence-electron chi connectivity index (χ3n) is 5.13. The Morgan fingerprint density at radius 3 is 2.48 bits per heavy atom. The molecule has 4 unspecified atom stereocenters. The first-order valence-corrected chi connectivity index (χ1v) is 8.79. The number of ether oxygens (including phenoxy) is 1. The van der Waals surface area contributed by atoms with Gasteiger partial charge in [0.15, 0.2) is 6.10 Å². The van der Waals surface area contributed by atoms with Crippen molar-refractivity contribution < 1.29 is 18.7 Å². The van der Waals surface area contributed by atoms with Gasteiger partial charge in [0.2, 0.25) is 5.91 Å². The third-order valence-corrected chi connectivity index (χ3v) is 5.13. The van der Waals surface area contributed by atoms with Crippen LogP contribution in [0.5, 0.6) is 0 Å². The van der Waals surface area contributed by atoms with E-state index >= 15 is 0 Å². The molecule has 0 aromatic heterocycles. The summed E-state index contributed by atoms with van der Waals surface area (Å²) in [5.74, 6) is -0.00959. The van der Waals surface area contributed by atoms with Crippen LogP contribution in [0.1, 0.15) is 31.9 Å². The Bertz CT molecular complexity index is 656. The molecule has 0 aliphatic carbocycles. The van der Waals surface area contributed by atoms with Crippen LogP contribution in [0.3, 0.4) is 0 Å². The van der Waals surface area contributed by atoms with Gasteiger partial charge < -0.3 is 14.5 Å². The Morgan fingerprint density at radius 1 is 1.20 bits per heavy atom. The van der Waals surface area contributed by atoms with Crippen molar-refractivity contribution >= 4 is 11.8 Å². The molecule has 0 saturated carbocycles. The fraction of sp³-hybridized carbons (Fsp3) is 0.579. The second kappa shape index (κ2) is 7.12. The maximum atomic E-state index is 14.4. The molecule has 2 aliphatic rings. The first kappa shape index (κ1) is 17.9. The van der Waals surface area contributed by atoms with Crippen molar-refractivity contribution in [3.8, 4) is 0 Å². The van der Waals surface area contributed by atoms with E-state index < -0.39 is 18.0 Å². The zero-order valence-electron chi connectivity index (χ0n) is 14.9. The van der Waals surface area contributed by atoms with Gasteiger partial charge in [0.05, 0.1) is 6.04 Å². The molecular weight excluding hydrogens is 323 g/mol. The third kappa shape index (κ3) is 3.54. The maximum absolute atomic E-state index is 14.4. The van der Waals surface area contributed by atoms with Gasteiger partial charge in [-0.1, -0.05) is 32.0 Å². The minimum absolute atomic E-state index is 0.156. The number of halogens is 1. The van der Waals surface area contributed by atoms with Gasteiger partial charge in [0.1, 0.15) is 12.4 Å². The molecule has 2 amide bonds. The number of amides is 2. The van der Waals surface area contributed by atoms with Gasteiger partial charge in [0, 0.05) is 25.7 Å². The molecule has 136 valence electrons. The molecule has 0 N–H and O–H groups in total. The number of piperidine rings is 1. The summed E-state index contributed by atoms with van der Waals surface area (Å²) in [6.45, 7) is 5.44. The number of hydrogen-bond acceptors (Lipinski definition) is 3. The fourth-order valence-electron chi connectivity index (χ4n) is 4.03. The van der Waals surface area contributed by atoms with Crippen LogP contribution in [0.25, 0.3) is 0 Å². The normalized spacial score (nSPS) is 30.5. The summed E-state index contributed by atoms with van der Waals surface area (Å²) in [6, 6.07) is 5.50. The quantitative estimate of drug-likeness (QED) is 0.824. The molecule has 6 heteroatoms. The van der Waals surface area contributed by atoms with E-state index in [0.29, 0.717) is 30.5 Å². The lowest BCUT2D eigenvalue weighted by Gasteiger charge is -2.42. The van der Waals surface area contributed by atoms with E-state index in [4.69, 9.17) is 4.74 Å². The molecule has 0 spiro atoms.